The van der Waals surface area contributed by atoms with Gasteiger partial charge in [-0.15, -0.1) is 11.3 Å². The molecule has 0 bridgehead atoms. The Labute approximate surface area is 122 Å². The van der Waals surface area contributed by atoms with Crippen LogP contribution in [0.1, 0.15) is 51.3 Å². The average molecular weight is 283 g/mol. The zero-order valence-corrected chi connectivity index (χ0v) is 14.1. The monoisotopic (exact) mass is 283 g/mol. The fourth-order valence-corrected chi connectivity index (χ4v) is 2.86. The number of rotatable bonds is 7. The zero-order chi connectivity index (χ0) is 14.5. The maximum Gasteiger partial charge on any atom is 0.0622 e. The van der Waals surface area contributed by atoms with Gasteiger partial charge in [-0.2, -0.15) is 0 Å². The van der Waals surface area contributed by atoms with E-state index in [2.05, 4.69) is 52.1 Å². The van der Waals surface area contributed by atoms with Crippen molar-refractivity contribution in [2.45, 2.75) is 59.5 Å². The van der Waals surface area contributed by atoms with Crippen molar-refractivity contribution < 1.29 is 4.74 Å². The number of thiophene rings is 1. The fraction of sp³-hybridized carbons (Fsp3) is 0.750. The van der Waals surface area contributed by atoms with E-state index in [1.807, 2.05) is 18.3 Å². The zero-order valence-electron chi connectivity index (χ0n) is 13.2. The Balaban J connectivity index is 2.52. The molecular weight excluding hydrogens is 254 g/mol. The van der Waals surface area contributed by atoms with E-state index >= 15 is 0 Å². The van der Waals surface area contributed by atoms with Crippen LogP contribution in [0.15, 0.2) is 12.1 Å². The molecule has 1 heterocycles. The molecule has 1 N–H and O–H groups in total. The van der Waals surface area contributed by atoms with Gasteiger partial charge in [0.05, 0.1) is 6.61 Å². The van der Waals surface area contributed by atoms with Gasteiger partial charge in [-0.05, 0) is 30.4 Å². The normalized spacial score (nSPS) is 14.1. The molecule has 1 rings (SSSR count). The maximum absolute atomic E-state index is 5.55. The summed E-state index contributed by atoms with van der Waals surface area (Å²) in [6, 6.07) is 4.94. The van der Waals surface area contributed by atoms with E-state index in [4.69, 9.17) is 4.74 Å². The Kier molecular flexibility index (Phi) is 6.51. The molecule has 0 radical (unpaired) electrons. The van der Waals surface area contributed by atoms with Crippen molar-refractivity contribution >= 4 is 11.3 Å². The third-order valence-corrected chi connectivity index (χ3v) is 4.76. The highest BCUT2D eigenvalue weighted by molar-refractivity contribution is 7.12. The molecule has 0 saturated carbocycles. The highest BCUT2D eigenvalue weighted by Crippen LogP contribution is 2.29. The van der Waals surface area contributed by atoms with Gasteiger partial charge < -0.3 is 10.1 Å². The van der Waals surface area contributed by atoms with E-state index in [0.29, 0.717) is 12.0 Å². The van der Waals surface area contributed by atoms with Crippen LogP contribution < -0.4 is 5.32 Å². The van der Waals surface area contributed by atoms with Gasteiger partial charge in [-0.25, -0.2) is 0 Å². The van der Waals surface area contributed by atoms with Crippen molar-refractivity contribution in [2.24, 2.45) is 5.92 Å². The quantitative estimate of drug-likeness (QED) is 0.810. The molecule has 19 heavy (non-hydrogen) atoms. The van der Waals surface area contributed by atoms with Crippen LogP contribution in [0.2, 0.25) is 0 Å². The summed E-state index contributed by atoms with van der Waals surface area (Å²) >= 11 is 1.91. The minimum absolute atomic E-state index is 0.256. The van der Waals surface area contributed by atoms with Crippen molar-refractivity contribution in [3.05, 3.63) is 21.9 Å². The molecule has 1 aromatic heterocycles. The lowest BCUT2D eigenvalue weighted by molar-refractivity contribution is 0.108. The van der Waals surface area contributed by atoms with Crippen LogP contribution >= 0.6 is 11.3 Å². The topological polar surface area (TPSA) is 21.3 Å². The Morgan fingerprint density at radius 1 is 1.26 bits per heavy atom. The lowest BCUT2D eigenvalue weighted by Crippen LogP contribution is -2.37. The lowest BCUT2D eigenvalue weighted by atomic mass is 9.95. The first-order valence-corrected chi connectivity index (χ1v) is 8.06. The first-order chi connectivity index (χ1) is 8.84. The van der Waals surface area contributed by atoms with Crippen molar-refractivity contribution in [3.8, 4) is 0 Å². The summed E-state index contributed by atoms with van der Waals surface area (Å²) in [6.45, 7) is 15.9. The predicted octanol–water partition coefficient (Wildman–Crippen LogP) is 4.20. The van der Waals surface area contributed by atoms with Gasteiger partial charge >= 0.3 is 0 Å². The molecule has 0 aromatic carbocycles. The number of hydrogen-bond donors (Lipinski definition) is 1. The van der Waals surface area contributed by atoms with Crippen LogP contribution in [-0.2, 0) is 16.7 Å². The molecule has 110 valence electrons. The molecule has 1 unspecified atom stereocenters. The van der Waals surface area contributed by atoms with Gasteiger partial charge in [0.2, 0.25) is 0 Å². The summed E-state index contributed by atoms with van der Waals surface area (Å²) in [5, 5.41) is 3.62. The number of ether oxygens (including phenoxy) is 1. The summed E-state index contributed by atoms with van der Waals surface area (Å²) in [6.07, 6.45) is 0. The number of hydrogen-bond acceptors (Lipinski definition) is 3. The predicted molar refractivity (Wildman–Crippen MR) is 85.0 cm³/mol. The van der Waals surface area contributed by atoms with Gasteiger partial charge in [0, 0.05) is 28.9 Å². The highest BCUT2D eigenvalue weighted by atomic mass is 32.1. The molecule has 0 aliphatic carbocycles. The van der Waals surface area contributed by atoms with E-state index in [-0.39, 0.29) is 5.41 Å². The van der Waals surface area contributed by atoms with E-state index in [1.54, 1.807) is 0 Å². The number of nitrogens with one attached hydrogen (secondary N) is 1. The first-order valence-electron chi connectivity index (χ1n) is 7.25. The van der Waals surface area contributed by atoms with E-state index in [0.717, 1.165) is 19.8 Å². The molecule has 1 aromatic rings. The summed E-state index contributed by atoms with van der Waals surface area (Å²) in [4.78, 5) is 2.86. The van der Waals surface area contributed by atoms with Gasteiger partial charge in [-0.3, -0.25) is 0 Å². The molecular formula is C16H29NOS. The minimum Gasteiger partial charge on any atom is -0.380 e. The van der Waals surface area contributed by atoms with Crippen LogP contribution in [-0.4, -0.2) is 19.3 Å². The van der Waals surface area contributed by atoms with Crippen molar-refractivity contribution in [1.82, 2.24) is 5.32 Å². The first kappa shape index (κ1) is 16.7. The van der Waals surface area contributed by atoms with Gasteiger partial charge in [0.15, 0.2) is 0 Å². The molecule has 0 amide bonds. The fourth-order valence-electron chi connectivity index (χ4n) is 1.84. The third-order valence-electron chi connectivity index (χ3n) is 3.25. The summed E-state index contributed by atoms with van der Waals surface area (Å²) in [7, 11) is 0. The van der Waals surface area contributed by atoms with E-state index in [1.165, 1.54) is 9.75 Å². The van der Waals surface area contributed by atoms with Crippen LogP contribution in [0.25, 0.3) is 0 Å². The second-order valence-electron chi connectivity index (χ2n) is 6.41. The average Bonchev–Trinajstić information content (AvgIpc) is 2.77. The Bertz CT molecular complexity index is 365. The van der Waals surface area contributed by atoms with Crippen LogP contribution in [0, 0.1) is 5.92 Å². The second-order valence-corrected chi connectivity index (χ2v) is 7.58. The lowest BCUT2D eigenvalue weighted by Gasteiger charge is -2.22. The van der Waals surface area contributed by atoms with Gasteiger partial charge in [0.1, 0.15) is 0 Å². The van der Waals surface area contributed by atoms with Crippen molar-refractivity contribution in [1.29, 1.82) is 0 Å². The SMILES string of the molecule is CCOCC(NCc1ccc(C(C)(C)C)s1)C(C)C. The Morgan fingerprint density at radius 3 is 2.42 bits per heavy atom. The second kappa shape index (κ2) is 7.41. The van der Waals surface area contributed by atoms with E-state index in [9.17, 15) is 0 Å². The molecule has 1 atom stereocenters. The van der Waals surface area contributed by atoms with Crippen molar-refractivity contribution in [2.75, 3.05) is 13.2 Å². The summed E-state index contributed by atoms with van der Waals surface area (Å²) in [5.41, 5.74) is 0.256. The smallest absolute Gasteiger partial charge is 0.0622 e. The molecule has 0 aliphatic heterocycles. The van der Waals surface area contributed by atoms with Crippen LogP contribution in [0.5, 0.6) is 0 Å². The molecule has 0 spiro atoms. The highest BCUT2D eigenvalue weighted by Gasteiger charge is 2.17. The van der Waals surface area contributed by atoms with Crippen molar-refractivity contribution in [3.63, 3.8) is 0 Å². The van der Waals surface area contributed by atoms with E-state index < -0.39 is 0 Å². The molecule has 2 nitrogen and oxygen atoms in total. The van der Waals surface area contributed by atoms with Crippen LogP contribution in [0.4, 0.5) is 0 Å². The Morgan fingerprint density at radius 2 is 1.95 bits per heavy atom. The van der Waals surface area contributed by atoms with Gasteiger partial charge in [0.25, 0.3) is 0 Å². The summed E-state index contributed by atoms with van der Waals surface area (Å²) < 4.78 is 5.55. The molecule has 0 saturated heterocycles. The molecule has 0 fully saturated rings. The van der Waals surface area contributed by atoms with Gasteiger partial charge in [-0.1, -0.05) is 34.6 Å². The molecule has 3 heteroatoms. The maximum atomic E-state index is 5.55. The van der Waals surface area contributed by atoms with Crippen LogP contribution in [0.3, 0.4) is 0 Å². The minimum atomic E-state index is 0.256. The molecule has 0 aliphatic rings. The standard InChI is InChI=1S/C16H29NOS/c1-7-18-11-14(12(2)3)17-10-13-8-9-15(19-13)16(4,5)6/h8-9,12,14,17H,7,10-11H2,1-6H3. The largest absolute Gasteiger partial charge is 0.380 e. The third kappa shape index (κ3) is 5.64. The summed E-state index contributed by atoms with van der Waals surface area (Å²) in [5.74, 6) is 0.591. The Hall–Kier alpha value is -0.380.